The predicted octanol–water partition coefficient (Wildman–Crippen LogP) is 6.64. The second kappa shape index (κ2) is 10.2. The first kappa shape index (κ1) is 21.1. The van der Waals surface area contributed by atoms with Crippen LogP contribution in [0.15, 0.2) is 29.2 Å². The van der Waals surface area contributed by atoms with Gasteiger partial charge in [0.2, 0.25) is 4.71 Å². The molecule has 2 N–H and O–H groups in total. The van der Waals surface area contributed by atoms with Crippen LogP contribution in [0.1, 0.15) is 66.2 Å². The molecule has 0 aliphatic carbocycles. The van der Waals surface area contributed by atoms with Gasteiger partial charge in [-0.05, 0) is 42.6 Å². The standard InChI is InChI=1S/C21H37N2S2/c1-5-7-11-17(3)15-23(16-18(4)12-8-6-2)19-13-9-10-14-20(19)24-21(23)25-22/h9-10,13-14,17-18,21H,5-8,11-12,15-16,22H2,1-4H3/q+1. The van der Waals surface area contributed by atoms with Gasteiger partial charge in [-0.25, -0.2) is 0 Å². The minimum atomic E-state index is 0.394. The third-order valence-electron chi connectivity index (χ3n) is 5.47. The van der Waals surface area contributed by atoms with Gasteiger partial charge in [-0.15, -0.1) is 0 Å². The molecule has 2 rings (SSSR count). The molecule has 0 bridgehead atoms. The molecule has 0 fully saturated rings. The molecule has 0 amide bonds. The first-order valence-corrected chi connectivity index (χ1v) is 11.9. The predicted molar refractivity (Wildman–Crippen MR) is 117 cm³/mol. The molecule has 1 aromatic rings. The van der Waals surface area contributed by atoms with E-state index in [2.05, 4.69) is 52.0 Å². The number of thioether (sulfide) groups is 1. The lowest BCUT2D eigenvalue weighted by atomic mass is 9.98. The van der Waals surface area contributed by atoms with Gasteiger partial charge in [-0.2, -0.15) is 0 Å². The van der Waals surface area contributed by atoms with Crippen molar-refractivity contribution in [1.82, 2.24) is 4.48 Å². The van der Waals surface area contributed by atoms with E-state index in [-0.39, 0.29) is 0 Å². The molecule has 0 spiro atoms. The van der Waals surface area contributed by atoms with E-state index in [0.717, 1.165) is 16.3 Å². The molecule has 25 heavy (non-hydrogen) atoms. The fraction of sp³-hybridized carbons (Fsp3) is 0.714. The number of unbranched alkanes of at least 4 members (excludes halogenated alkanes) is 2. The van der Waals surface area contributed by atoms with Crippen molar-refractivity contribution in [3.05, 3.63) is 24.3 Å². The lowest BCUT2D eigenvalue weighted by Crippen LogP contribution is -2.57. The molecule has 0 saturated heterocycles. The van der Waals surface area contributed by atoms with Crippen molar-refractivity contribution in [2.75, 3.05) is 13.1 Å². The van der Waals surface area contributed by atoms with Crippen LogP contribution in [0.2, 0.25) is 0 Å². The third-order valence-corrected chi connectivity index (χ3v) is 7.93. The zero-order chi connectivity index (χ0) is 18.3. The van der Waals surface area contributed by atoms with E-state index in [1.54, 1.807) is 11.9 Å². The van der Waals surface area contributed by atoms with Crippen molar-refractivity contribution < 1.29 is 0 Å². The molecule has 0 radical (unpaired) electrons. The molecule has 1 aliphatic rings. The van der Waals surface area contributed by atoms with Gasteiger partial charge in [0.1, 0.15) is 5.69 Å². The highest BCUT2D eigenvalue weighted by Gasteiger charge is 2.48. The number of quaternary nitrogens is 1. The monoisotopic (exact) mass is 381 g/mol. The van der Waals surface area contributed by atoms with Crippen LogP contribution in [0.25, 0.3) is 0 Å². The SMILES string of the molecule is CCCCC(C)C[N+]1(CC(C)CCCC)c2ccccc2SC1SN. The third kappa shape index (κ3) is 5.18. The van der Waals surface area contributed by atoms with Gasteiger partial charge in [0.05, 0.1) is 18.0 Å². The lowest BCUT2D eigenvalue weighted by molar-refractivity contribution is 0.219. The molecule has 2 nitrogen and oxygen atoms in total. The molecular weight excluding hydrogens is 344 g/mol. The van der Waals surface area contributed by atoms with Crippen molar-refractivity contribution in [2.24, 2.45) is 17.0 Å². The maximum Gasteiger partial charge on any atom is 0.206 e. The van der Waals surface area contributed by atoms with Crippen LogP contribution in [-0.2, 0) is 0 Å². The largest absolute Gasteiger partial charge is 0.272 e. The summed E-state index contributed by atoms with van der Waals surface area (Å²) in [4.78, 5) is 1.44. The van der Waals surface area contributed by atoms with E-state index in [1.807, 2.05) is 11.8 Å². The zero-order valence-electron chi connectivity index (χ0n) is 16.5. The van der Waals surface area contributed by atoms with Crippen LogP contribution in [0, 0.1) is 11.8 Å². The van der Waals surface area contributed by atoms with E-state index in [9.17, 15) is 0 Å². The maximum atomic E-state index is 6.22. The van der Waals surface area contributed by atoms with Crippen molar-refractivity contribution in [2.45, 2.75) is 75.8 Å². The summed E-state index contributed by atoms with van der Waals surface area (Å²) in [6.07, 6.45) is 7.90. The van der Waals surface area contributed by atoms with Gasteiger partial charge in [0, 0.05) is 17.9 Å². The van der Waals surface area contributed by atoms with Crippen molar-refractivity contribution in [1.29, 1.82) is 0 Å². The molecule has 142 valence electrons. The Morgan fingerprint density at radius 1 is 1.04 bits per heavy atom. The number of nitrogens with two attached hydrogens (primary N) is 1. The highest BCUT2D eigenvalue weighted by Crippen LogP contribution is 2.52. The molecule has 1 aliphatic heterocycles. The van der Waals surface area contributed by atoms with Gasteiger partial charge in [-0.3, -0.25) is 9.62 Å². The number of benzene rings is 1. The molecule has 3 unspecified atom stereocenters. The number of para-hydroxylation sites is 1. The Morgan fingerprint density at radius 3 is 2.12 bits per heavy atom. The Bertz CT molecular complexity index is 504. The Kier molecular flexibility index (Phi) is 8.67. The zero-order valence-corrected chi connectivity index (χ0v) is 18.2. The normalized spacial score (nSPS) is 24.9. The van der Waals surface area contributed by atoms with Gasteiger partial charge in [0.25, 0.3) is 0 Å². The van der Waals surface area contributed by atoms with Crippen molar-refractivity contribution in [3.8, 4) is 0 Å². The summed E-state index contributed by atoms with van der Waals surface area (Å²) >= 11 is 3.55. The summed E-state index contributed by atoms with van der Waals surface area (Å²) in [5, 5.41) is 6.22. The van der Waals surface area contributed by atoms with E-state index in [0.29, 0.717) is 4.71 Å². The number of fused-ring (bicyclic) bond motifs is 1. The maximum absolute atomic E-state index is 6.22. The van der Waals surface area contributed by atoms with Crippen LogP contribution in [0.3, 0.4) is 0 Å². The number of hydrogen-bond donors (Lipinski definition) is 1. The van der Waals surface area contributed by atoms with Crippen LogP contribution in [-0.4, -0.2) is 17.8 Å². The van der Waals surface area contributed by atoms with Gasteiger partial charge in [0.15, 0.2) is 0 Å². The fourth-order valence-corrected chi connectivity index (χ4v) is 6.52. The highest BCUT2D eigenvalue weighted by atomic mass is 32.2. The number of hydrogen-bond acceptors (Lipinski definition) is 3. The van der Waals surface area contributed by atoms with Crippen LogP contribution >= 0.6 is 23.7 Å². The molecule has 0 aromatic heterocycles. The van der Waals surface area contributed by atoms with Crippen molar-refractivity contribution in [3.63, 3.8) is 0 Å². The van der Waals surface area contributed by atoms with Crippen LogP contribution in [0.5, 0.6) is 0 Å². The molecule has 1 heterocycles. The summed E-state index contributed by atoms with van der Waals surface area (Å²) in [7, 11) is 0. The Morgan fingerprint density at radius 2 is 1.60 bits per heavy atom. The Labute approximate surface area is 164 Å². The molecule has 1 aromatic carbocycles. The summed E-state index contributed by atoms with van der Waals surface area (Å²) in [6.45, 7) is 11.9. The average molecular weight is 382 g/mol. The van der Waals surface area contributed by atoms with E-state index < -0.39 is 0 Å². The minimum absolute atomic E-state index is 0.394. The number of nitrogens with zero attached hydrogens (tertiary/aromatic N) is 1. The lowest BCUT2D eigenvalue weighted by Gasteiger charge is -2.42. The van der Waals surface area contributed by atoms with Crippen molar-refractivity contribution >= 4 is 29.4 Å². The van der Waals surface area contributed by atoms with Crippen LogP contribution < -0.4 is 9.62 Å². The molecule has 3 atom stereocenters. The Balaban J connectivity index is 2.30. The minimum Gasteiger partial charge on any atom is -0.272 e. The van der Waals surface area contributed by atoms with Gasteiger partial charge < -0.3 is 0 Å². The molecule has 0 saturated carbocycles. The first-order valence-electron chi connectivity index (χ1n) is 10.1. The summed E-state index contributed by atoms with van der Waals surface area (Å²) in [6, 6.07) is 9.03. The van der Waals surface area contributed by atoms with Gasteiger partial charge >= 0.3 is 0 Å². The first-order chi connectivity index (χ1) is 12.1. The van der Waals surface area contributed by atoms with E-state index >= 15 is 0 Å². The van der Waals surface area contributed by atoms with Gasteiger partial charge in [-0.1, -0.05) is 65.5 Å². The molecular formula is C21H37N2S2+. The summed E-state index contributed by atoms with van der Waals surface area (Å²) in [5.41, 5.74) is 1.52. The molecule has 4 heteroatoms. The smallest absolute Gasteiger partial charge is 0.206 e. The highest BCUT2D eigenvalue weighted by molar-refractivity contribution is 8.16. The number of rotatable bonds is 11. The topological polar surface area (TPSA) is 26.0 Å². The fourth-order valence-electron chi connectivity index (χ4n) is 4.24. The quantitative estimate of drug-likeness (QED) is 0.343. The second-order valence-corrected chi connectivity index (χ2v) is 10.1. The van der Waals surface area contributed by atoms with E-state index in [1.165, 1.54) is 62.2 Å². The second-order valence-electron chi connectivity index (χ2n) is 7.92. The Hall–Kier alpha value is -0.160. The van der Waals surface area contributed by atoms with Crippen LogP contribution in [0.4, 0.5) is 5.69 Å². The summed E-state index contributed by atoms with van der Waals surface area (Å²) in [5.74, 6) is 1.47. The summed E-state index contributed by atoms with van der Waals surface area (Å²) < 4.78 is 1.46. The van der Waals surface area contributed by atoms with E-state index in [4.69, 9.17) is 5.14 Å². The average Bonchev–Trinajstić information content (AvgIpc) is 2.91.